The molecular formula is C8H11NO2. The van der Waals surface area contributed by atoms with Crippen molar-refractivity contribution in [1.82, 2.24) is 4.90 Å². The summed E-state index contributed by atoms with van der Waals surface area (Å²) in [6.45, 7) is 3.89. The lowest BCUT2D eigenvalue weighted by Gasteiger charge is -2.19. The quantitative estimate of drug-likeness (QED) is 0.567. The van der Waals surface area contributed by atoms with Gasteiger partial charge in [-0.15, -0.1) is 0 Å². The lowest BCUT2D eigenvalue weighted by molar-refractivity contribution is -0.124. The van der Waals surface area contributed by atoms with E-state index in [1.165, 1.54) is 18.6 Å². The van der Waals surface area contributed by atoms with Crippen LogP contribution in [0.3, 0.4) is 0 Å². The van der Waals surface area contributed by atoms with Crippen LogP contribution < -0.4 is 0 Å². The van der Waals surface area contributed by atoms with Crippen molar-refractivity contribution >= 4 is 5.91 Å². The van der Waals surface area contributed by atoms with Crippen molar-refractivity contribution in [3.8, 4) is 0 Å². The molecule has 0 atom stereocenters. The van der Waals surface area contributed by atoms with Crippen molar-refractivity contribution in [3.63, 3.8) is 0 Å². The molecule has 0 fully saturated rings. The predicted molar refractivity (Wildman–Crippen MR) is 41.3 cm³/mol. The summed E-state index contributed by atoms with van der Waals surface area (Å²) in [6.07, 6.45) is 5.90. The first-order valence-corrected chi connectivity index (χ1v) is 3.53. The van der Waals surface area contributed by atoms with Crippen LogP contribution in [0.1, 0.15) is 13.8 Å². The Balaban J connectivity index is 2.76. The largest absolute Gasteiger partial charge is 0.471 e. The highest BCUT2D eigenvalue weighted by Gasteiger charge is 2.12. The molecule has 1 aliphatic rings. The van der Waals surface area contributed by atoms with Crippen molar-refractivity contribution in [2.45, 2.75) is 19.9 Å². The van der Waals surface area contributed by atoms with Crippen molar-refractivity contribution < 1.29 is 9.53 Å². The minimum absolute atomic E-state index is 0.0475. The van der Waals surface area contributed by atoms with Gasteiger partial charge in [-0.2, -0.15) is 0 Å². The molecule has 1 amide bonds. The first-order chi connectivity index (χ1) is 5.22. The maximum absolute atomic E-state index is 11.2. The predicted octanol–water partition coefficient (Wildman–Crippen LogP) is 1.24. The highest BCUT2D eigenvalue weighted by Crippen LogP contribution is 2.04. The zero-order valence-electron chi connectivity index (χ0n) is 6.65. The second-order valence-corrected chi connectivity index (χ2v) is 2.56. The fourth-order valence-corrected chi connectivity index (χ4v) is 0.830. The maximum atomic E-state index is 11.2. The fraction of sp³-hybridized carbons (Fsp3) is 0.375. The minimum Gasteiger partial charge on any atom is -0.471 e. The summed E-state index contributed by atoms with van der Waals surface area (Å²) >= 11 is 0. The third kappa shape index (κ3) is 1.83. The van der Waals surface area contributed by atoms with Gasteiger partial charge in [-0.1, -0.05) is 0 Å². The van der Waals surface area contributed by atoms with Crippen LogP contribution in [0.25, 0.3) is 0 Å². The highest BCUT2D eigenvalue weighted by atomic mass is 16.5. The number of carbonyl (C=O) groups is 1. The normalized spacial score (nSPS) is 17.0. The molecule has 11 heavy (non-hydrogen) atoms. The smallest absolute Gasteiger partial charge is 0.253 e. The van der Waals surface area contributed by atoms with E-state index in [0.717, 1.165) is 0 Å². The van der Waals surface area contributed by atoms with E-state index in [4.69, 9.17) is 4.74 Å². The van der Waals surface area contributed by atoms with E-state index in [2.05, 4.69) is 0 Å². The molecule has 0 spiro atoms. The Labute approximate surface area is 65.9 Å². The molecule has 0 aromatic carbocycles. The summed E-state index contributed by atoms with van der Waals surface area (Å²) in [5.74, 6) is -0.0475. The van der Waals surface area contributed by atoms with E-state index in [1.807, 2.05) is 13.8 Å². The van der Waals surface area contributed by atoms with E-state index in [1.54, 1.807) is 11.1 Å². The molecular weight excluding hydrogens is 142 g/mol. The molecule has 1 rings (SSSR count). The number of hydrogen-bond acceptors (Lipinski definition) is 2. The van der Waals surface area contributed by atoms with E-state index >= 15 is 0 Å². The topological polar surface area (TPSA) is 29.5 Å². The second kappa shape index (κ2) is 3.23. The zero-order valence-corrected chi connectivity index (χ0v) is 6.65. The lowest BCUT2D eigenvalue weighted by Crippen LogP contribution is -2.30. The van der Waals surface area contributed by atoms with E-state index in [9.17, 15) is 4.79 Å². The average molecular weight is 153 g/mol. The summed E-state index contributed by atoms with van der Waals surface area (Å²) in [7, 11) is 0. The first-order valence-electron chi connectivity index (χ1n) is 3.53. The molecule has 60 valence electrons. The van der Waals surface area contributed by atoms with Gasteiger partial charge in [0, 0.05) is 18.3 Å². The van der Waals surface area contributed by atoms with Crippen LogP contribution >= 0.6 is 0 Å². The van der Waals surface area contributed by atoms with Gasteiger partial charge in [0.2, 0.25) is 0 Å². The molecule has 0 aliphatic carbocycles. The molecule has 0 unspecified atom stereocenters. The van der Waals surface area contributed by atoms with Crippen molar-refractivity contribution in [3.05, 3.63) is 24.8 Å². The first kappa shape index (κ1) is 7.85. The van der Waals surface area contributed by atoms with Gasteiger partial charge in [0.1, 0.15) is 6.26 Å². The molecule has 1 aliphatic heterocycles. The Hall–Kier alpha value is -1.25. The highest BCUT2D eigenvalue weighted by molar-refractivity contribution is 5.88. The molecule has 3 nitrogen and oxygen atoms in total. The molecule has 0 saturated carbocycles. The van der Waals surface area contributed by atoms with Crippen LogP contribution in [0, 0.1) is 0 Å². The van der Waals surface area contributed by atoms with E-state index < -0.39 is 0 Å². The summed E-state index contributed by atoms with van der Waals surface area (Å²) in [5, 5.41) is 0. The molecule has 1 heterocycles. The number of hydrogen-bond donors (Lipinski definition) is 0. The molecule has 0 aromatic rings. The van der Waals surface area contributed by atoms with Gasteiger partial charge >= 0.3 is 0 Å². The second-order valence-electron chi connectivity index (χ2n) is 2.56. The fourth-order valence-electron chi connectivity index (χ4n) is 0.830. The number of ether oxygens (including phenoxy) is 1. The van der Waals surface area contributed by atoms with Gasteiger partial charge in [0.15, 0.2) is 0 Å². The maximum Gasteiger partial charge on any atom is 0.253 e. The van der Waals surface area contributed by atoms with Gasteiger partial charge < -0.3 is 9.64 Å². The third-order valence-corrected chi connectivity index (χ3v) is 1.40. The number of carbonyl (C=O) groups excluding carboxylic acids is 1. The summed E-state index contributed by atoms with van der Waals surface area (Å²) in [5.41, 5.74) is 0. The van der Waals surface area contributed by atoms with Crippen molar-refractivity contribution in [1.29, 1.82) is 0 Å². The van der Waals surface area contributed by atoms with E-state index in [0.29, 0.717) is 0 Å². The molecule has 3 heteroatoms. The van der Waals surface area contributed by atoms with Crippen LogP contribution in [0.5, 0.6) is 0 Å². The summed E-state index contributed by atoms with van der Waals surface area (Å²) in [6, 6.07) is 0.171. The minimum atomic E-state index is -0.0475. The Kier molecular flexibility index (Phi) is 2.31. The zero-order chi connectivity index (χ0) is 8.27. The van der Waals surface area contributed by atoms with E-state index in [-0.39, 0.29) is 11.9 Å². The lowest BCUT2D eigenvalue weighted by atomic mass is 10.3. The summed E-state index contributed by atoms with van der Waals surface area (Å²) in [4.78, 5) is 12.8. The molecule has 0 radical (unpaired) electrons. The van der Waals surface area contributed by atoms with Crippen LogP contribution in [0.15, 0.2) is 24.8 Å². The van der Waals surface area contributed by atoms with Crippen LogP contribution in [0.4, 0.5) is 0 Å². The van der Waals surface area contributed by atoms with Crippen molar-refractivity contribution in [2.24, 2.45) is 0 Å². The number of rotatable bonds is 1. The molecule has 0 N–H and O–H groups in total. The monoisotopic (exact) mass is 153 g/mol. The Morgan fingerprint density at radius 3 is 2.82 bits per heavy atom. The third-order valence-electron chi connectivity index (χ3n) is 1.40. The molecule has 0 bridgehead atoms. The average Bonchev–Trinajstić information content (AvgIpc) is 2.13. The van der Waals surface area contributed by atoms with Crippen LogP contribution in [-0.2, 0) is 9.53 Å². The van der Waals surface area contributed by atoms with Crippen LogP contribution in [-0.4, -0.2) is 16.8 Å². The van der Waals surface area contributed by atoms with Crippen LogP contribution in [0.2, 0.25) is 0 Å². The Morgan fingerprint density at radius 2 is 2.18 bits per heavy atom. The molecule has 0 saturated heterocycles. The van der Waals surface area contributed by atoms with Gasteiger partial charge in [-0.25, -0.2) is 0 Å². The van der Waals surface area contributed by atoms with Gasteiger partial charge in [-0.05, 0) is 13.8 Å². The standard InChI is InChI=1S/C8H11NO2/c1-7(2)9-4-6-11-5-3-8(9)10/h3-7H,1-2H3. The Morgan fingerprint density at radius 1 is 1.45 bits per heavy atom. The Bertz CT molecular complexity index is 206. The van der Waals surface area contributed by atoms with Gasteiger partial charge in [0.05, 0.1) is 6.26 Å². The number of nitrogens with zero attached hydrogens (tertiary/aromatic N) is 1. The SMILES string of the molecule is CC(C)N1C=COC=CC1=O. The van der Waals surface area contributed by atoms with Crippen molar-refractivity contribution in [2.75, 3.05) is 0 Å². The van der Waals surface area contributed by atoms with Gasteiger partial charge in [-0.3, -0.25) is 4.79 Å². The number of amides is 1. The molecule has 0 aromatic heterocycles. The van der Waals surface area contributed by atoms with Gasteiger partial charge in [0.25, 0.3) is 5.91 Å². The summed E-state index contributed by atoms with van der Waals surface area (Å²) < 4.78 is 4.82.